The minimum atomic E-state index is -1.03. The summed E-state index contributed by atoms with van der Waals surface area (Å²) in [5.41, 5.74) is 0.434. The third-order valence-corrected chi connectivity index (χ3v) is 8.05. The van der Waals surface area contributed by atoms with E-state index >= 15 is 0 Å². The molecule has 2 N–H and O–H groups in total. The first-order valence-electron chi connectivity index (χ1n) is 9.73. The van der Waals surface area contributed by atoms with Gasteiger partial charge in [-0.05, 0) is 74.3 Å². The number of carbonyl (C=O) groups is 1. The molecule has 0 aliphatic heterocycles. The normalized spacial score (nSPS) is 48.2. The van der Waals surface area contributed by atoms with E-state index in [-0.39, 0.29) is 16.6 Å². The predicted octanol–water partition coefficient (Wildman–Crippen LogP) is 4.10. The molecule has 4 aliphatic carbocycles. The molecule has 3 nitrogen and oxygen atoms in total. The zero-order chi connectivity index (χ0) is 18.7. The van der Waals surface area contributed by atoms with Crippen LogP contribution in [0.25, 0.3) is 0 Å². The molecule has 3 heteroatoms. The Kier molecular flexibility index (Phi) is 3.80. The number of allylic oxidation sites excluding steroid dienone is 4. The number of aliphatic hydroxyl groups is 2. The number of hydrogen-bond donors (Lipinski definition) is 2. The van der Waals surface area contributed by atoms with Gasteiger partial charge in [0.1, 0.15) is 5.60 Å². The van der Waals surface area contributed by atoms with Gasteiger partial charge in [-0.3, -0.25) is 4.79 Å². The molecular formula is C23H28O3. The predicted molar refractivity (Wildman–Crippen MR) is 101 cm³/mol. The summed E-state index contributed by atoms with van der Waals surface area (Å²) in [4.78, 5) is 12.2. The third kappa shape index (κ3) is 2.09. The molecule has 6 atom stereocenters. The van der Waals surface area contributed by atoms with Gasteiger partial charge in [0.2, 0.25) is 0 Å². The van der Waals surface area contributed by atoms with Crippen LogP contribution in [0.5, 0.6) is 0 Å². The lowest BCUT2D eigenvalue weighted by Crippen LogP contribution is -2.55. The van der Waals surface area contributed by atoms with Gasteiger partial charge in [-0.1, -0.05) is 31.4 Å². The molecule has 0 amide bonds. The summed E-state index contributed by atoms with van der Waals surface area (Å²) in [7, 11) is 0. The molecule has 0 bridgehead atoms. The van der Waals surface area contributed by atoms with Gasteiger partial charge in [-0.25, -0.2) is 0 Å². The van der Waals surface area contributed by atoms with Crippen LogP contribution >= 0.6 is 0 Å². The van der Waals surface area contributed by atoms with Crippen molar-refractivity contribution in [2.75, 3.05) is 0 Å². The minimum Gasteiger partial charge on any atom is -0.515 e. The van der Waals surface area contributed by atoms with Crippen LogP contribution in [0.3, 0.4) is 0 Å². The molecule has 0 saturated heterocycles. The lowest BCUT2D eigenvalue weighted by Gasteiger charge is -2.58. The van der Waals surface area contributed by atoms with E-state index in [1.54, 1.807) is 13.0 Å². The molecule has 4 aliphatic rings. The van der Waals surface area contributed by atoms with Gasteiger partial charge in [-0.15, -0.1) is 5.92 Å². The highest BCUT2D eigenvalue weighted by Gasteiger charge is 2.62. The van der Waals surface area contributed by atoms with Crippen LogP contribution in [-0.2, 0) is 4.79 Å². The zero-order valence-corrected chi connectivity index (χ0v) is 15.9. The van der Waals surface area contributed by atoms with Crippen molar-refractivity contribution >= 4 is 5.78 Å². The van der Waals surface area contributed by atoms with Crippen LogP contribution in [0.15, 0.2) is 35.6 Å². The van der Waals surface area contributed by atoms with Gasteiger partial charge >= 0.3 is 0 Å². The Hall–Kier alpha value is -1.79. The maximum atomic E-state index is 12.2. The van der Waals surface area contributed by atoms with Crippen molar-refractivity contribution in [3.8, 4) is 11.8 Å². The average Bonchev–Trinajstić information content (AvgIpc) is 2.87. The average molecular weight is 352 g/mol. The van der Waals surface area contributed by atoms with Crippen molar-refractivity contribution < 1.29 is 15.0 Å². The minimum absolute atomic E-state index is 0.0348. The first kappa shape index (κ1) is 17.6. The second-order valence-corrected chi connectivity index (χ2v) is 9.07. The number of carbonyl (C=O) groups excluding carboxylic acids is 1. The molecule has 2 fully saturated rings. The lowest BCUT2D eigenvalue weighted by atomic mass is 9.46. The second-order valence-electron chi connectivity index (χ2n) is 9.07. The summed E-state index contributed by atoms with van der Waals surface area (Å²) in [6.45, 7) is 6.25. The number of fused-ring (bicyclic) bond motifs is 5. The summed E-state index contributed by atoms with van der Waals surface area (Å²) in [6.07, 6.45) is 11.5. The van der Waals surface area contributed by atoms with E-state index in [4.69, 9.17) is 0 Å². The number of rotatable bonds is 0. The Balaban J connectivity index is 1.72. The monoisotopic (exact) mass is 352 g/mol. The van der Waals surface area contributed by atoms with Gasteiger partial charge in [0.15, 0.2) is 5.78 Å². The van der Waals surface area contributed by atoms with E-state index in [1.165, 1.54) is 5.57 Å². The van der Waals surface area contributed by atoms with E-state index in [1.807, 2.05) is 6.08 Å². The second kappa shape index (κ2) is 5.60. The van der Waals surface area contributed by atoms with Crippen LogP contribution in [0, 0.1) is 40.4 Å². The Morgan fingerprint density at radius 2 is 2.08 bits per heavy atom. The Labute approximate surface area is 155 Å². The van der Waals surface area contributed by atoms with Crippen molar-refractivity contribution in [3.05, 3.63) is 35.6 Å². The lowest BCUT2D eigenvalue weighted by molar-refractivity contribution is -0.114. The van der Waals surface area contributed by atoms with Crippen molar-refractivity contribution in [1.29, 1.82) is 0 Å². The maximum absolute atomic E-state index is 12.2. The highest BCUT2D eigenvalue weighted by atomic mass is 16.3. The molecule has 2 saturated carbocycles. The van der Waals surface area contributed by atoms with Gasteiger partial charge in [0, 0.05) is 11.0 Å². The standard InChI is InChI=1S/C23H28O3/c1-4-9-23(26)11-8-19-17-6-5-16-12-20(25)15(14-24)13-21(16,2)18(17)7-10-22(19,23)3/h8,11-12,14,17-19,24,26H,5-7,10,13H2,1-3H3/b15-14-/t17-,18+,19+,21+,22+,23-/m1/s1. The van der Waals surface area contributed by atoms with E-state index in [0.717, 1.165) is 31.9 Å². The third-order valence-electron chi connectivity index (χ3n) is 8.05. The molecule has 0 aromatic rings. The van der Waals surface area contributed by atoms with Crippen molar-refractivity contribution in [2.45, 2.75) is 58.5 Å². The Morgan fingerprint density at radius 3 is 2.77 bits per heavy atom. The molecule has 4 rings (SSSR count). The summed E-state index contributed by atoms with van der Waals surface area (Å²) in [5.74, 6) is 7.20. The Bertz CT molecular complexity index is 807. The van der Waals surface area contributed by atoms with Crippen molar-refractivity contribution in [2.24, 2.45) is 28.6 Å². The highest BCUT2D eigenvalue weighted by molar-refractivity contribution is 6.05. The smallest absolute Gasteiger partial charge is 0.184 e. The fourth-order valence-corrected chi connectivity index (χ4v) is 6.51. The quantitative estimate of drug-likeness (QED) is 0.299. The maximum Gasteiger partial charge on any atom is 0.184 e. The SMILES string of the molecule is CC#C[C@@]1(O)C=C[C@H]2[C@@H]3CCC4=CC(=O)/C(=C\O)C[C@]4(C)[C@H]3CC[C@@]21C. The molecule has 0 unspecified atom stereocenters. The van der Waals surface area contributed by atoms with Crippen LogP contribution < -0.4 is 0 Å². The Morgan fingerprint density at radius 1 is 1.31 bits per heavy atom. The van der Waals surface area contributed by atoms with Crippen LogP contribution in [0.4, 0.5) is 0 Å². The number of aliphatic hydroxyl groups excluding tert-OH is 1. The van der Waals surface area contributed by atoms with Gasteiger partial charge in [0.25, 0.3) is 0 Å². The largest absolute Gasteiger partial charge is 0.515 e. The van der Waals surface area contributed by atoms with E-state index in [0.29, 0.717) is 29.7 Å². The van der Waals surface area contributed by atoms with Crippen LogP contribution in [-0.4, -0.2) is 21.6 Å². The fraction of sp³-hybridized carbons (Fsp3) is 0.609. The van der Waals surface area contributed by atoms with E-state index in [9.17, 15) is 15.0 Å². The molecule has 138 valence electrons. The van der Waals surface area contributed by atoms with Crippen molar-refractivity contribution in [3.63, 3.8) is 0 Å². The topological polar surface area (TPSA) is 57.5 Å². The molecule has 0 aromatic carbocycles. The number of ketones is 1. The summed E-state index contributed by atoms with van der Waals surface area (Å²) in [6, 6.07) is 0. The zero-order valence-electron chi connectivity index (χ0n) is 15.9. The number of hydrogen-bond acceptors (Lipinski definition) is 3. The molecule has 0 spiro atoms. The summed E-state index contributed by atoms with van der Waals surface area (Å²) < 4.78 is 0. The molecule has 0 heterocycles. The van der Waals surface area contributed by atoms with Crippen LogP contribution in [0.1, 0.15) is 52.9 Å². The van der Waals surface area contributed by atoms with Gasteiger partial charge in [-0.2, -0.15) is 0 Å². The first-order valence-corrected chi connectivity index (χ1v) is 9.73. The summed E-state index contributed by atoms with van der Waals surface area (Å²) in [5, 5.41) is 20.7. The molecule has 26 heavy (non-hydrogen) atoms. The van der Waals surface area contributed by atoms with Crippen LogP contribution in [0.2, 0.25) is 0 Å². The fourth-order valence-electron chi connectivity index (χ4n) is 6.51. The highest BCUT2D eigenvalue weighted by Crippen LogP contribution is 2.65. The van der Waals surface area contributed by atoms with E-state index in [2.05, 4.69) is 31.8 Å². The molecular weight excluding hydrogens is 324 g/mol. The molecule has 0 radical (unpaired) electrons. The molecule has 0 aromatic heterocycles. The van der Waals surface area contributed by atoms with Crippen molar-refractivity contribution in [1.82, 2.24) is 0 Å². The van der Waals surface area contributed by atoms with Gasteiger partial charge in [0.05, 0.1) is 6.26 Å². The summed E-state index contributed by atoms with van der Waals surface area (Å²) >= 11 is 0. The first-order chi connectivity index (χ1) is 12.3. The van der Waals surface area contributed by atoms with Gasteiger partial charge < -0.3 is 10.2 Å². The van der Waals surface area contributed by atoms with E-state index < -0.39 is 5.60 Å².